The van der Waals surface area contributed by atoms with E-state index in [1.807, 2.05) is 59.0 Å². The normalized spacial score (nSPS) is 11.2. The van der Waals surface area contributed by atoms with Crippen LogP contribution in [0, 0.1) is 0 Å². The van der Waals surface area contributed by atoms with Crippen molar-refractivity contribution in [1.82, 2.24) is 19.6 Å². The van der Waals surface area contributed by atoms with Crippen molar-refractivity contribution in [2.75, 3.05) is 25.6 Å². The first-order chi connectivity index (χ1) is 11.9. The number of para-hydroxylation sites is 1. The fourth-order valence-corrected chi connectivity index (χ4v) is 2.74. The fourth-order valence-electron chi connectivity index (χ4n) is 2.74. The largest absolute Gasteiger partial charge is 0.383 e. The molecule has 2 aromatic heterocycles. The summed E-state index contributed by atoms with van der Waals surface area (Å²) in [5.74, 6) is 1.48. The second kappa shape index (κ2) is 6.25. The highest BCUT2D eigenvalue weighted by Gasteiger charge is 2.15. The van der Waals surface area contributed by atoms with Crippen LogP contribution in [0.2, 0.25) is 0 Å². The predicted molar refractivity (Wildman–Crippen MR) is 94.1 cm³/mol. The van der Waals surface area contributed by atoms with Crippen molar-refractivity contribution in [2.45, 2.75) is 0 Å². The fraction of sp³-hybridized carbons (Fsp3) is 0.167. The van der Waals surface area contributed by atoms with E-state index < -0.39 is 0 Å². The van der Waals surface area contributed by atoms with Gasteiger partial charge in [-0.05, 0) is 12.1 Å². The summed E-state index contributed by atoms with van der Waals surface area (Å²) in [7, 11) is 1.68. The monoisotopic (exact) mass is 319 g/mol. The summed E-state index contributed by atoms with van der Waals surface area (Å²) in [6.07, 6.45) is 0. The van der Waals surface area contributed by atoms with E-state index >= 15 is 0 Å². The Morgan fingerprint density at radius 3 is 2.62 bits per heavy atom. The van der Waals surface area contributed by atoms with E-state index in [1.165, 1.54) is 0 Å². The van der Waals surface area contributed by atoms with Crippen LogP contribution < -0.4 is 5.32 Å². The Balaban J connectivity index is 1.96. The summed E-state index contributed by atoms with van der Waals surface area (Å²) in [5.41, 5.74) is 2.67. The maximum absolute atomic E-state index is 5.13. The number of anilines is 1. The molecule has 1 N–H and O–H groups in total. The van der Waals surface area contributed by atoms with Gasteiger partial charge in [0, 0.05) is 24.6 Å². The maximum atomic E-state index is 5.13. The zero-order chi connectivity index (χ0) is 16.4. The Hall–Kier alpha value is -2.99. The minimum Gasteiger partial charge on any atom is -0.383 e. The summed E-state index contributed by atoms with van der Waals surface area (Å²) >= 11 is 0. The van der Waals surface area contributed by atoms with Gasteiger partial charge in [-0.25, -0.2) is 9.38 Å². The van der Waals surface area contributed by atoms with Crippen molar-refractivity contribution < 1.29 is 4.74 Å². The Morgan fingerprint density at radius 2 is 1.79 bits per heavy atom. The molecular weight excluding hydrogens is 302 g/mol. The quantitative estimate of drug-likeness (QED) is 0.573. The average molecular weight is 319 g/mol. The standard InChI is InChI=1S/C18H17N5O/c1-24-12-11-19-18-20-15-10-6-5-9-14(15)17-22-21-16(23(17)18)13-7-3-2-4-8-13/h2-10H,11-12H2,1H3,(H,19,20). The number of benzene rings is 2. The number of ether oxygens (including phenoxy) is 1. The molecule has 6 heteroatoms. The molecule has 4 rings (SSSR count). The number of hydrogen-bond acceptors (Lipinski definition) is 5. The van der Waals surface area contributed by atoms with Gasteiger partial charge in [0.25, 0.3) is 0 Å². The Morgan fingerprint density at radius 1 is 1.00 bits per heavy atom. The molecule has 6 nitrogen and oxygen atoms in total. The van der Waals surface area contributed by atoms with Crippen LogP contribution in [0.25, 0.3) is 27.9 Å². The van der Waals surface area contributed by atoms with Gasteiger partial charge in [-0.1, -0.05) is 42.5 Å². The Bertz CT molecular complexity index is 981. The van der Waals surface area contributed by atoms with Gasteiger partial charge in [0.2, 0.25) is 5.95 Å². The summed E-state index contributed by atoms with van der Waals surface area (Å²) in [6.45, 7) is 1.25. The minimum absolute atomic E-state index is 0.596. The van der Waals surface area contributed by atoms with Crippen LogP contribution in [0.1, 0.15) is 0 Å². The summed E-state index contributed by atoms with van der Waals surface area (Å²) in [5, 5.41) is 13.1. The second-order valence-corrected chi connectivity index (χ2v) is 5.42. The van der Waals surface area contributed by atoms with Gasteiger partial charge < -0.3 is 10.1 Å². The zero-order valence-corrected chi connectivity index (χ0v) is 13.3. The highest BCUT2D eigenvalue weighted by atomic mass is 16.5. The molecule has 2 aromatic carbocycles. The molecule has 4 aromatic rings. The number of methoxy groups -OCH3 is 1. The van der Waals surface area contributed by atoms with Crippen molar-refractivity contribution in [3.8, 4) is 11.4 Å². The molecule has 0 saturated heterocycles. The topological polar surface area (TPSA) is 64.3 Å². The number of nitrogens with one attached hydrogen (secondary N) is 1. The van der Waals surface area contributed by atoms with Crippen LogP contribution in [-0.4, -0.2) is 39.8 Å². The zero-order valence-electron chi connectivity index (χ0n) is 13.3. The first-order valence-corrected chi connectivity index (χ1v) is 7.80. The van der Waals surface area contributed by atoms with Crippen molar-refractivity contribution in [3.63, 3.8) is 0 Å². The number of hydrogen-bond donors (Lipinski definition) is 1. The smallest absolute Gasteiger partial charge is 0.211 e. The molecule has 0 spiro atoms. The molecule has 24 heavy (non-hydrogen) atoms. The molecular formula is C18H17N5O. The van der Waals surface area contributed by atoms with Gasteiger partial charge in [0.05, 0.1) is 12.1 Å². The summed E-state index contributed by atoms with van der Waals surface area (Å²) in [6, 6.07) is 17.9. The average Bonchev–Trinajstić information content (AvgIpc) is 3.08. The molecule has 0 unspecified atom stereocenters. The van der Waals surface area contributed by atoms with Crippen LogP contribution in [0.5, 0.6) is 0 Å². The molecule has 0 radical (unpaired) electrons. The second-order valence-electron chi connectivity index (χ2n) is 5.42. The third-order valence-corrected chi connectivity index (χ3v) is 3.87. The Labute approximate surface area is 139 Å². The number of rotatable bonds is 5. The first-order valence-electron chi connectivity index (χ1n) is 7.80. The van der Waals surface area contributed by atoms with Crippen molar-refractivity contribution in [2.24, 2.45) is 0 Å². The molecule has 0 aliphatic carbocycles. The molecule has 0 atom stereocenters. The van der Waals surface area contributed by atoms with Crippen LogP contribution in [-0.2, 0) is 4.74 Å². The predicted octanol–water partition coefficient (Wildman–Crippen LogP) is 3.00. The third-order valence-electron chi connectivity index (χ3n) is 3.87. The van der Waals surface area contributed by atoms with E-state index in [-0.39, 0.29) is 0 Å². The number of aromatic nitrogens is 4. The summed E-state index contributed by atoms with van der Waals surface area (Å²) in [4.78, 5) is 4.75. The van der Waals surface area contributed by atoms with Crippen molar-refractivity contribution in [1.29, 1.82) is 0 Å². The van der Waals surface area contributed by atoms with E-state index in [9.17, 15) is 0 Å². The van der Waals surface area contributed by atoms with Gasteiger partial charge in [0.15, 0.2) is 11.5 Å². The van der Waals surface area contributed by atoms with Crippen LogP contribution >= 0.6 is 0 Å². The highest BCUT2D eigenvalue weighted by Crippen LogP contribution is 2.26. The van der Waals surface area contributed by atoms with E-state index in [2.05, 4.69) is 15.5 Å². The van der Waals surface area contributed by atoms with Gasteiger partial charge >= 0.3 is 0 Å². The lowest BCUT2D eigenvalue weighted by molar-refractivity contribution is 0.210. The first kappa shape index (κ1) is 14.6. The summed E-state index contributed by atoms with van der Waals surface area (Å²) < 4.78 is 7.09. The van der Waals surface area contributed by atoms with Crippen LogP contribution in [0.3, 0.4) is 0 Å². The SMILES string of the molecule is COCCNc1nc2ccccc2c2nnc(-c3ccccc3)n12. The van der Waals surface area contributed by atoms with E-state index in [1.54, 1.807) is 7.11 Å². The molecule has 0 amide bonds. The molecule has 0 bridgehead atoms. The number of fused-ring (bicyclic) bond motifs is 3. The van der Waals surface area contributed by atoms with Gasteiger partial charge in [-0.2, -0.15) is 0 Å². The molecule has 0 aliphatic heterocycles. The lowest BCUT2D eigenvalue weighted by atomic mass is 10.2. The van der Waals surface area contributed by atoms with Gasteiger partial charge in [-0.15, -0.1) is 10.2 Å². The van der Waals surface area contributed by atoms with Gasteiger partial charge in [0.1, 0.15) is 0 Å². The van der Waals surface area contributed by atoms with Crippen LogP contribution in [0.15, 0.2) is 54.6 Å². The molecule has 2 heterocycles. The van der Waals surface area contributed by atoms with E-state index in [4.69, 9.17) is 9.72 Å². The minimum atomic E-state index is 0.596. The van der Waals surface area contributed by atoms with Crippen molar-refractivity contribution >= 4 is 22.5 Å². The van der Waals surface area contributed by atoms with E-state index in [0.29, 0.717) is 19.1 Å². The van der Waals surface area contributed by atoms with Crippen molar-refractivity contribution in [3.05, 3.63) is 54.6 Å². The molecule has 0 saturated carbocycles. The molecule has 0 fully saturated rings. The molecule has 120 valence electrons. The van der Waals surface area contributed by atoms with E-state index in [0.717, 1.165) is 27.9 Å². The Kier molecular flexibility index (Phi) is 3.80. The van der Waals surface area contributed by atoms with Crippen LogP contribution in [0.4, 0.5) is 5.95 Å². The third kappa shape index (κ3) is 2.47. The van der Waals surface area contributed by atoms with Gasteiger partial charge in [-0.3, -0.25) is 0 Å². The lowest BCUT2D eigenvalue weighted by Gasteiger charge is -2.11. The number of nitrogens with zero attached hydrogens (tertiary/aromatic N) is 4. The highest BCUT2D eigenvalue weighted by molar-refractivity contribution is 5.93. The maximum Gasteiger partial charge on any atom is 0.211 e. The molecule has 0 aliphatic rings. The lowest BCUT2D eigenvalue weighted by Crippen LogP contribution is -2.12.